The number of rotatable bonds is 4. The van der Waals surface area contributed by atoms with Crippen molar-refractivity contribution in [2.24, 2.45) is 4.99 Å². The van der Waals surface area contributed by atoms with Gasteiger partial charge in [-0.2, -0.15) is 0 Å². The third-order valence-electron chi connectivity index (χ3n) is 2.63. The van der Waals surface area contributed by atoms with Crippen LogP contribution in [-0.2, 0) is 0 Å². The normalized spacial score (nSPS) is 19.6. The lowest BCUT2D eigenvalue weighted by Crippen LogP contribution is -2.19. The van der Waals surface area contributed by atoms with Gasteiger partial charge >= 0.3 is 0 Å². The molecule has 1 N–H and O–H groups in total. The van der Waals surface area contributed by atoms with E-state index < -0.39 is 0 Å². The van der Waals surface area contributed by atoms with Crippen LogP contribution in [0.3, 0.4) is 0 Å². The van der Waals surface area contributed by atoms with Crippen molar-refractivity contribution >= 4 is 16.9 Å². The van der Waals surface area contributed by atoms with Crippen molar-refractivity contribution in [2.45, 2.75) is 25.0 Å². The van der Waals surface area contributed by atoms with Gasteiger partial charge < -0.3 is 5.32 Å². The molecule has 0 aliphatic carbocycles. The van der Waals surface area contributed by atoms with Gasteiger partial charge in [0.15, 0.2) is 5.17 Å². The Bertz CT molecular complexity index is 348. The molecule has 16 heavy (non-hydrogen) atoms. The summed E-state index contributed by atoms with van der Waals surface area (Å²) in [4.78, 5) is 4.53. The molecule has 0 amide bonds. The van der Waals surface area contributed by atoms with Crippen molar-refractivity contribution in [3.8, 4) is 0 Å². The van der Waals surface area contributed by atoms with Crippen molar-refractivity contribution in [1.29, 1.82) is 0 Å². The predicted molar refractivity (Wildman–Crippen MR) is 72.0 cm³/mol. The van der Waals surface area contributed by atoms with E-state index in [1.165, 1.54) is 18.4 Å². The first-order chi connectivity index (χ1) is 7.90. The third kappa shape index (κ3) is 3.01. The van der Waals surface area contributed by atoms with Gasteiger partial charge in [0.2, 0.25) is 0 Å². The highest BCUT2D eigenvalue weighted by Gasteiger charge is 2.20. The lowest BCUT2D eigenvalue weighted by atomic mass is 10.1. The molecule has 0 spiro atoms. The number of amidine groups is 1. The average molecular weight is 234 g/mol. The Kier molecular flexibility index (Phi) is 4.28. The van der Waals surface area contributed by atoms with Gasteiger partial charge in [0.05, 0.1) is 11.8 Å². The van der Waals surface area contributed by atoms with Gasteiger partial charge in [0, 0.05) is 6.54 Å². The molecular weight excluding hydrogens is 216 g/mol. The second-order valence-corrected chi connectivity index (χ2v) is 5.13. The topological polar surface area (TPSA) is 24.4 Å². The number of benzene rings is 1. The van der Waals surface area contributed by atoms with Gasteiger partial charge in [-0.3, -0.25) is 4.99 Å². The van der Waals surface area contributed by atoms with E-state index in [2.05, 4.69) is 47.6 Å². The van der Waals surface area contributed by atoms with Crippen LogP contribution in [0.2, 0.25) is 0 Å². The number of hydrogen-bond donors (Lipinski definition) is 1. The molecule has 0 saturated heterocycles. The molecule has 1 aliphatic heterocycles. The fraction of sp³-hybridized carbons (Fsp3) is 0.462. The maximum Gasteiger partial charge on any atom is 0.157 e. The van der Waals surface area contributed by atoms with E-state index in [1.807, 2.05) is 11.8 Å². The molecule has 1 aromatic carbocycles. The van der Waals surface area contributed by atoms with E-state index in [0.717, 1.165) is 18.3 Å². The molecule has 0 radical (unpaired) electrons. The molecule has 1 aliphatic rings. The van der Waals surface area contributed by atoms with E-state index in [1.54, 1.807) is 0 Å². The lowest BCUT2D eigenvalue weighted by Gasteiger charge is -2.08. The van der Waals surface area contributed by atoms with Gasteiger partial charge in [-0.05, 0) is 12.0 Å². The fourth-order valence-corrected chi connectivity index (χ4v) is 2.73. The van der Waals surface area contributed by atoms with Crippen LogP contribution in [-0.4, -0.2) is 18.3 Å². The zero-order valence-corrected chi connectivity index (χ0v) is 10.5. The van der Waals surface area contributed by atoms with Crippen LogP contribution in [0.25, 0.3) is 0 Å². The summed E-state index contributed by atoms with van der Waals surface area (Å²) in [5, 5.41) is 5.01. The first-order valence-corrected chi connectivity index (χ1v) is 6.78. The van der Waals surface area contributed by atoms with Crippen LogP contribution < -0.4 is 5.32 Å². The van der Waals surface area contributed by atoms with Gasteiger partial charge in [0.1, 0.15) is 0 Å². The molecule has 0 saturated carbocycles. The van der Waals surface area contributed by atoms with Crippen LogP contribution in [0.1, 0.15) is 30.6 Å². The van der Waals surface area contributed by atoms with Crippen LogP contribution in [0, 0.1) is 0 Å². The number of nitrogens with zero attached hydrogens (tertiary/aromatic N) is 1. The first-order valence-electron chi connectivity index (χ1n) is 5.90. The Morgan fingerprint density at radius 1 is 1.38 bits per heavy atom. The molecule has 2 nitrogen and oxygen atoms in total. The summed E-state index contributed by atoms with van der Waals surface area (Å²) < 4.78 is 0. The fourth-order valence-electron chi connectivity index (χ4n) is 1.69. The highest BCUT2D eigenvalue weighted by Crippen LogP contribution is 2.33. The number of nitrogens with one attached hydrogen (secondary N) is 1. The zero-order valence-electron chi connectivity index (χ0n) is 9.65. The van der Waals surface area contributed by atoms with Crippen LogP contribution in [0.5, 0.6) is 0 Å². The predicted octanol–water partition coefficient (Wildman–Crippen LogP) is 3.22. The molecule has 1 heterocycles. The van der Waals surface area contributed by atoms with Gasteiger partial charge in [-0.25, -0.2) is 0 Å². The average Bonchev–Trinajstić information content (AvgIpc) is 2.79. The van der Waals surface area contributed by atoms with Gasteiger partial charge in [0.25, 0.3) is 0 Å². The molecule has 3 heteroatoms. The molecule has 1 unspecified atom stereocenters. The van der Waals surface area contributed by atoms with Gasteiger partial charge in [-0.1, -0.05) is 55.4 Å². The first kappa shape index (κ1) is 11.5. The summed E-state index contributed by atoms with van der Waals surface area (Å²) >= 11 is 1.85. The van der Waals surface area contributed by atoms with E-state index in [0.29, 0.717) is 5.25 Å². The van der Waals surface area contributed by atoms with Crippen molar-refractivity contribution in [2.75, 3.05) is 13.1 Å². The second-order valence-electron chi connectivity index (χ2n) is 3.94. The van der Waals surface area contributed by atoms with Crippen molar-refractivity contribution in [1.82, 2.24) is 5.32 Å². The summed E-state index contributed by atoms with van der Waals surface area (Å²) in [6, 6.07) is 10.6. The molecule has 2 rings (SSSR count). The second kappa shape index (κ2) is 5.94. The van der Waals surface area contributed by atoms with Crippen LogP contribution in [0.4, 0.5) is 0 Å². The highest BCUT2D eigenvalue weighted by molar-refractivity contribution is 8.14. The molecule has 0 fully saturated rings. The maximum absolute atomic E-state index is 4.53. The highest BCUT2D eigenvalue weighted by atomic mass is 32.2. The number of aliphatic imine (C=N–C) groups is 1. The van der Waals surface area contributed by atoms with Crippen molar-refractivity contribution < 1.29 is 0 Å². The summed E-state index contributed by atoms with van der Waals surface area (Å²) in [5.41, 5.74) is 1.38. The number of unbranched alkanes of at least 4 members (excludes halogenated alkanes) is 1. The standard InChI is InChI=1S/C13H18N2S/c1-2-3-9-14-13-15-10-12(16-13)11-7-5-4-6-8-11/h4-8,12H,2-3,9-10H2,1H3,(H,14,15). The molecular formula is C13H18N2S. The zero-order chi connectivity index (χ0) is 11.2. The van der Waals surface area contributed by atoms with E-state index in [4.69, 9.17) is 0 Å². The SMILES string of the molecule is CCCCNC1=NCC(c2ccccc2)S1. The summed E-state index contributed by atoms with van der Waals surface area (Å²) in [6.45, 7) is 4.16. The Balaban J connectivity index is 1.82. The minimum absolute atomic E-state index is 0.505. The number of hydrogen-bond acceptors (Lipinski definition) is 3. The Hall–Kier alpha value is -0.960. The summed E-state index contributed by atoms with van der Waals surface area (Å²) in [5.74, 6) is 0. The largest absolute Gasteiger partial charge is 0.365 e. The maximum atomic E-state index is 4.53. The summed E-state index contributed by atoms with van der Waals surface area (Å²) in [7, 11) is 0. The Morgan fingerprint density at radius 2 is 2.19 bits per heavy atom. The minimum Gasteiger partial charge on any atom is -0.365 e. The smallest absolute Gasteiger partial charge is 0.157 e. The van der Waals surface area contributed by atoms with E-state index in [9.17, 15) is 0 Å². The quantitative estimate of drug-likeness (QED) is 0.809. The van der Waals surface area contributed by atoms with Crippen molar-refractivity contribution in [3.63, 3.8) is 0 Å². The van der Waals surface area contributed by atoms with Gasteiger partial charge in [-0.15, -0.1) is 0 Å². The van der Waals surface area contributed by atoms with Crippen molar-refractivity contribution in [3.05, 3.63) is 35.9 Å². The third-order valence-corrected chi connectivity index (χ3v) is 3.83. The molecule has 86 valence electrons. The minimum atomic E-state index is 0.505. The molecule has 1 atom stereocenters. The van der Waals surface area contributed by atoms with E-state index in [-0.39, 0.29) is 0 Å². The Morgan fingerprint density at radius 3 is 2.94 bits per heavy atom. The van der Waals surface area contributed by atoms with Crippen LogP contribution in [0.15, 0.2) is 35.3 Å². The number of thioether (sulfide) groups is 1. The lowest BCUT2D eigenvalue weighted by molar-refractivity contribution is 0.758. The van der Waals surface area contributed by atoms with E-state index >= 15 is 0 Å². The summed E-state index contributed by atoms with van der Waals surface area (Å²) in [6.07, 6.45) is 2.45. The molecule has 0 bridgehead atoms. The molecule has 0 aromatic heterocycles. The van der Waals surface area contributed by atoms with Crippen LogP contribution >= 0.6 is 11.8 Å². The Labute approximate surface area is 102 Å². The molecule has 1 aromatic rings. The monoisotopic (exact) mass is 234 g/mol.